The first-order valence-corrected chi connectivity index (χ1v) is 8.88. The van der Waals surface area contributed by atoms with Crippen molar-refractivity contribution in [2.75, 3.05) is 20.2 Å². The van der Waals surface area contributed by atoms with Gasteiger partial charge in [0.15, 0.2) is 0 Å². The number of rotatable bonds is 6. The van der Waals surface area contributed by atoms with Gasteiger partial charge >= 0.3 is 0 Å². The van der Waals surface area contributed by atoms with Crippen molar-refractivity contribution in [1.82, 2.24) is 14.8 Å². The van der Waals surface area contributed by atoms with Gasteiger partial charge in [-0.05, 0) is 36.2 Å². The number of fused-ring (bicyclic) bond motifs is 1. The standard InChI is InChI=1S/C20H25N3O3/c1-14(2)12-23-16(13-22-9-5-8-18(22)20(23)25)11-21-19(24)15-6-4-7-17(10-15)26-3/h4-10,14,16H,11-13H2,1-3H3,(H,21,24). The summed E-state index contributed by atoms with van der Waals surface area (Å²) in [5.74, 6) is 0.857. The summed E-state index contributed by atoms with van der Waals surface area (Å²) >= 11 is 0. The molecule has 0 spiro atoms. The van der Waals surface area contributed by atoms with E-state index >= 15 is 0 Å². The number of nitrogens with one attached hydrogen (secondary N) is 1. The van der Waals surface area contributed by atoms with Crippen molar-refractivity contribution in [1.29, 1.82) is 0 Å². The summed E-state index contributed by atoms with van der Waals surface area (Å²) in [6.07, 6.45) is 1.91. The molecule has 1 aliphatic rings. The van der Waals surface area contributed by atoms with E-state index in [1.807, 2.05) is 27.8 Å². The van der Waals surface area contributed by atoms with Crippen molar-refractivity contribution in [2.24, 2.45) is 5.92 Å². The number of carbonyl (C=O) groups excluding carboxylic acids is 2. The van der Waals surface area contributed by atoms with Crippen molar-refractivity contribution in [3.8, 4) is 5.75 Å². The predicted molar refractivity (Wildman–Crippen MR) is 99.4 cm³/mol. The van der Waals surface area contributed by atoms with Crippen LogP contribution in [0, 0.1) is 5.92 Å². The lowest BCUT2D eigenvalue weighted by Crippen LogP contribution is -2.53. The van der Waals surface area contributed by atoms with Crippen molar-refractivity contribution < 1.29 is 14.3 Å². The minimum absolute atomic E-state index is 0.0237. The minimum Gasteiger partial charge on any atom is -0.497 e. The number of methoxy groups -OCH3 is 1. The first-order chi connectivity index (χ1) is 12.5. The van der Waals surface area contributed by atoms with Crippen molar-refractivity contribution in [2.45, 2.75) is 26.4 Å². The van der Waals surface area contributed by atoms with Gasteiger partial charge in [0.05, 0.1) is 13.2 Å². The van der Waals surface area contributed by atoms with Gasteiger partial charge < -0.3 is 19.5 Å². The Hall–Kier alpha value is -2.76. The zero-order chi connectivity index (χ0) is 18.7. The molecule has 6 heteroatoms. The minimum atomic E-state index is -0.167. The summed E-state index contributed by atoms with van der Waals surface area (Å²) in [6, 6.07) is 10.7. The van der Waals surface area contributed by atoms with E-state index in [4.69, 9.17) is 4.74 Å². The second kappa shape index (κ2) is 7.64. The molecule has 2 heterocycles. The van der Waals surface area contributed by atoms with Crippen molar-refractivity contribution >= 4 is 11.8 Å². The van der Waals surface area contributed by atoms with Crippen LogP contribution in [0.25, 0.3) is 0 Å². The Morgan fingerprint density at radius 2 is 2.12 bits per heavy atom. The van der Waals surface area contributed by atoms with E-state index in [1.165, 1.54) is 0 Å². The average molecular weight is 355 g/mol. The van der Waals surface area contributed by atoms with E-state index in [-0.39, 0.29) is 17.9 Å². The number of hydrogen-bond acceptors (Lipinski definition) is 3. The lowest BCUT2D eigenvalue weighted by Gasteiger charge is -2.37. The smallest absolute Gasteiger partial charge is 0.270 e. The molecule has 2 amide bonds. The van der Waals surface area contributed by atoms with Gasteiger partial charge in [-0.1, -0.05) is 19.9 Å². The maximum absolute atomic E-state index is 12.8. The molecule has 2 aromatic rings. The molecule has 1 aliphatic heterocycles. The molecule has 0 aliphatic carbocycles. The number of ether oxygens (including phenoxy) is 1. The average Bonchev–Trinajstić information content (AvgIpc) is 3.11. The Bertz CT molecular complexity index is 797. The first kappa shape index (κ1) is 18.0. The normalized spacial score (nSPS) is 16.5. The molecule has 1 aromatic carbocycles. The highest BCUT2D eigenvalue weighted by atomic mass is 16.5. The van der Waals surface area contributed by atoms with Crippen molar-refractivity contribution in [3.63, 3.8) is 0 Å². The van der Waals surface area contributed by atoms with Crippen LogP contribution in [-0.2, 0) is 6.54 Å². The molecule has 0 saturated carbocycles. The van der Waals surface area contributed by atoms with Gasteiger partial charge in [0.1, 0.15) is 11.4 Å². The third-order valence-electron chi connectivity index (χ3n) is 4.55. The Morgan fingerprint density at radius 1 is 1.31 bits per heavy atom. The van der Waals surface area contributed by atoms with Gasteiger partial charge in [-0.3, -0.25) is 9.59 Å². The van der Waals surface area contributed by atoms with E-state index in [0.717, 1.165) is 0 Å². The van der Waals surface area contributed by atoms with Crippen LogP contribution in [0.5, 0.6) is 5.75 Å². The molecule has 1 aromatic heterocycles. The zero-order valence-electron chi connectivity index (χ0n) is 15.4. The highest BCUT2D eigenvalue weighted by Crippen LogP contribution is 2.20. The SMILES string of the molecule is COc1cccc(C(=O)NCC2Cn3cccc3C(=O)N2CC(C)C)c1. The van der Waals surface area contributed by atoms with Gasteiger partial charge in [0, 0.05) is 31.4 Å². The lowest BCUT2D eigenvalue weighted by molar-refractivity contribution is 0.0554. The summed E-state index contributed by atoms with van der Waals surface area (Å²) in [5.41, 5.74) is 1.25. The number of nitrogens with zero attached hydrogens (tertiary/aromatic N) is 2. The maximum atomic E-state index is 12.8. The summed E-state index contributed by atoms with van der Waals surface area (Å²) in [5, 5.41) is 2.97. The number of hydrogen-bond donors (Lipinski definition) is 1. The molecule has 6 nitrogen and oxygen atoms in total. The van der Waals surface area contributed by atoms with Gasteiger partial charge in [-0.2, -0.15) is 0 Å². The Labute approximate surface area is 153 Å². The maximum Gasteiger partial charge on any atom is 0.270 e. The van der Waals surface area contributed by atoms with Crippen LogP contribution in [0.15, 0.2) is 42.6 Å². The predicted octanol–water partition coefficient (Wildman–Crippen LogP) is 2.41. The third-order valence-corrected chi connectivity index (χ3v) is 4.55. The quantitative estimate of drug-likeness (QED) is 0.865. The van der Waals surface area contributed by atoms with Gasteiger partial charge in [-0.25, -0.2) is 0 Å². The number of carbonyl (C=O) groups is 2. The first-order valence-electron chi connectivity index (χ1n) is 8.88. The van der Waals surface area contributed by atoms with Gasteiger partial charge in [-0.15, -0.1) is 0 Å². The van der Waals surface area contributed by atoms with E-state index in [0.29, 0.717) is 42.6 Å². The van der Waals surface area contributed by atoms with E-state index < -0.39 is 0 Å². The van der Waals surface area contributed by atoms with Crippen LogP contribution in [-0.4, -0.2) is 47.5 Å². The second-order valence-corrected chi connectivity index (χ2v) is 6.99. The molecule has 0 fully saturated rings. The van der Waals surface area contributed by atoms with Crippen LogP contribution < -0.4 is 10.1 Å². The molecular weight excluding hydrogens is 330 g/mol. The molecule has 1 N–H and O–H groups in total. The molecule has 0 saturated heterocycles. The summed E-state index contributed by atoms with van der Waals surface area (Å²) in [6.45, 7) is 5.94. The summed E-state index contributed by atoms with van der Waals surface area (Å²) < 4.78 is 7.13. The van der Waals surface area contributed by atoms with E-state index in [9.17, 15) is 9.59 Å². The Kier molecular flexibility index (Phi) is 5.30. The molecule has 0 bridgehead atoms. The molecule has 26 heavy (non-hydrogen) atoms. The second-order valence-electron chi connectivity index (χ2n) is 6.99. The van der Waals surface area contributed by atoms with Crippen LogP contribution in [0.3, 0.4) is 0 Å². The lowest BCUT2D eigenvalue weighted by atomic mass is 10.1. The topological polar surface area (TPSA) is 63.6 Å². The van der Waals surface area contributed by atoms with Crippen LogP contribution in [0.1, 0.15) is 34.7 Å². The molecule has 1 atom stereocenters. The number of aromatic nitrogens is 1. The molecule has 0 radical (unpaired) electrons. The Balaban J connectivity index is 1.72. The molecule has 3 rings (SSSR count). The van der Waals surface area contributed by atoms with Crippen molar-refractivity contribution in [3.05, 3.63) is 53.9 Å². The highest BCUT2D eigenvalue weighted by Gasteiger charge is 2.32. The fraction of sp³-hybridized carbons (Fsp3) is 0.400. The number of amides is 2. The zero-order valence-corrected chi connectivity index (χ0v) is 15.4. The third kappa shape index (κ3) is 3.74. The molecule has 1 unspecified atom stereocenters. The Morgan fingerprint density at radius 3 is 2.85 bits per heavy atom. The van der Waals surface area contributed by atoms with Gasteiger partial charge in [0.2, 0.25) is 0 Å². The molecule has 138 valence electrons. The van der Waals surface area contributed by atoms with Crippen LogP contribution >= 0.6 is 0 Å². The largest absolute Gasteiger partial charge is 0.497 e. The monoisotopic (exact) mass is 355 g/mol. The fourth-order valence-electron chi connectivity index (χ4n) is 3.28. The number of benzene rings is 1. The van der Waals surface area contributed by atoms with Crippen LogP contribution in [0.2, 0.25) is 0 Å². The van der Waals surface area contributed by atoms with E-state index in [1.54, 1.807) is 31.4 Å². The van der Waals surface area contributed by atoms with Crippen LogP contribution in [0.4, 0.5) is 0 Å². The molecular formula is C20H25N3O3. The van der Waals surface area contributed by atoms with E-state index in [2.05, 4.69) is 19.2 Å². The summed E-state index contributed by atoms with van der Waals surface area (Å²) in [4.78, 5) is 27.2. The highest BCUT2D eigenvalue weighted by molar-refractivity contribution is 5.95. The summed E-state index contributed by atoms with van der Waals surface area (Å²) in [7, 11) is 1.57. The fourth-order valence-corrected chi connectivity index (χ4v) is 3.28. The van der Waals surface area contributed by atoms with Gasteiger partial charge in [0.25, 0.3) is 11.8 Å².